The van der Waals surface area contributed by atoms with Crippen molar-refractivity contribution in [1.29, 1.82) is 0 Å². The van der Waals surface area contributed by atoms with Crippen molar-refractivity contribution < 1.29 is 68.2 Å². The quantitative estimate of drug-likeness (QED) is 0.113. The average Bonchev–Trinajstić information content (AvgIpc) is 2.58. The van der Waals surface area contributed by atoms with Gasteiger partial charge in [-0.15, -0.1) is 0 Å². The van der Waals surface area contributed by atoms with Crippen LogP contribution in [-0.2, 0) is 18.6 Å². The van der Waals surface area contributed by atoms with Gasteiger partial charge in [-0.05, 0) is 19.9 Å². The molecule has 0 saturated carbocycles. The van der Waals surface area contributed by atoms with E-state index in [1.165, 1.54) is 31.2 Å². The Morgan fingerprint density at radius 1 is 1.34 bits per heavy atom. The summed E-state index contributed by atoms with van der Waals surface area (Å²) in [6, 6.07) is 0. The number of aliphatic hydroxyl groups excluding tert-OH is 1. The Balaban J connectivity index is 0.00000784. The summed E-state index contributed by atoms with van der Waals surface area (Å²) < 4.78 is 21.0. The Bertz CT molecular complexity index is 705. The fourth-order valence-electron chi connectivity index (χ4n) is 2.35. The van der Waals surface area contributed by atoms with Gasteiger partial charge in [0.1, 0.15) is 17.8 Å². The first-order valence-electron chi connectivity index (χ1n) is 8.70. The molecule has 8 nitrogen and oxygen atoms in total. The average molecular weight is 437 g/mol. The molecule has 0 bridgehead atoms. The largest absolute Gasteiger partial charge is 1.00 e. The van der Waals surface area contributed by atoms with Crippen LogP contribution in [0.5, 0.6) is 0 Å². The Morgan fingerprint density at radius 2 is 2.00 bits per heavy atom. The zero-order valence-corrected chi connectivity index (χ0v) is 19.7. The van der Waals surface area contributed by atoms with Gasteiger partial charge in [0.25, 0.3) is 0 Å². The normalized spacial score (nSPS) is 22.1. The van der Waals surface area contributed by atoms with Gasteiger partial charge in [-0.1, -0.05) is 48.6 Å². The summed E-state index contributed by atoms with van der Waals surface area (Å²) in [7, 11) is -4.93. The zero-order chi connectivity index (χ0) is 21.2. The topological polar surface area (TPSA) is 134 Å². The van der Waals surface area contributed by atoms with E-state index in [4.69, 9.17) is 19.0 Å². The van der Waals surface area contributed by atoms with Crippen molar-refractivity contribution in [1.82, 2.24) is 0 Å². The van der Waals surface area contributed by atoms with Crippen molar-refractivity contribution >= 4 is 13.8 Å². The van der Waals surface area contributed by atoms with Gasteiger partial charge in [-0.3, -0.25) is 4.52 Å². The molecule has 0 amide bonds. The van der Waals surface area contributed by atoms with Crippen molar-refractivity contribution in [2.24, 2.45) is 0 Å². The van der Waals surface area contributed by atoms with Crippen LogP contribution in [-0.4, -0.2) is 49.9 Å². The second-order valence-corrected chi connectivity index (χ2v) is 7.57. The van der Waals surface area contributed by atoms with Gasteiger partial charge >= 0.3 is 43.3 Å². The molecule has 4 N–H and O–H groups in total. The van der Waals surface area contributed by atoms with Crippen LogP contribution in [0.15, 0.2) is 60.8 Å². The number of carbonyl (C=O) groups excluding carboxylic acids is 1. The Hall–Kier alpha value is -0.800. The molecule has 1 rings (SSSR count). The van der Waals surface area contributed by atoms with E-state index in [9.17, 15) is 19.6 Å². The van der Waals surface area contributed by atoms with E-state index in [-0.39, 0.29) is 36.0 Å². The summed E-state index contributed by atoms with van der Waals surface area (Å²) in [6.45, 7) is 3.14. The molecule has 10 heteroatoms. The number of hydrogen-bond donors (Lipinski definition) is 4. The number of phosphoric ester groups is 1. The monoisotopic (exact) mass is 437 g/mol. The maximum absolute atomic E-state index is 11.3. The number of phosphoric acid groups is 1. The molecule has 1 aliphatic heterocycles. The number of rotatable bonds is 10. The number of allylic oxidation sites excluding steroid dienone is 5. The second-order valence-electron chi connectivity index (χ2n) is 6.38. The van der Waals surface area contributed by atoms with E-state index >= 15 is 0 Å². The molecular weight excluding hydrogens is 410 g/mol. The van der Waals surface area contributed by atoms with Gasteiger partial charge in [0.15, 0.2) is 0 Å². The van der Waals surface area contributed by atoms with Crippen molar-refractivity contribution in [2.45, 2.75) is 50.6 Å². The number of hydrogen-bond acceptors (Lipinski definition) is 6. The van der Waals surface area contributed by atoms with E-state index in [1.807, 2.05) is 13.0 Å². The number of esters is 1. The van der Waals surface area contributed by atoms with Gasteiger partial charge in [-0.2, -0.15) is 0 Å². The molecule has 0 aromatic rings. The molecule has 29 heavy (non-hydrogen) atoms. The first kappa shape index (κ1) is 28.2. The first-order valence-corrected chi connectivity index (χ1v) is 10.2. The Kier molecular flexibility index (Phi) is 13.1. The molecule has 0 saturated heterocycles. The maximum atomic E-state index is 11.3. The van der Waals surface area contributed by atoms with Crippen molar-refractivity contribution in [2.75, 3.05) is 0 Å². The van der Waals surface area contributed by atoms with Crippen LogP contribution in [0.1, 0.15) is 26.7 Å². The Morgan fingerprint density at radius 3 is 2.59 bits per heavy atom. The van der Waals surface area contributed by atoms with Crippen LogP contribution in [0, 0.1) is 0 Å². The van der Waals surface area contributed by atoms with Gasteiger partial charge in [0.05, 0.1) is 6.10 Å². The molecule has 1 aliphatic rings. The van der Waals surface area contributed by atoms with Gasteiger partial charge in [-0.25, -0.2) is 9.36 Å². The number of aliphatic hydroxyl groups is 2. The predicted octanol–water partition coefficient (Wildman–Crippen LogP) is -0.913. The van der Waals surface area contributed by atoms with Gasteiger partial charge in [0.2, 0.25) is 0 Å². The molecule has 0 aliphatic carbocycles. The molecule has 156 valence electrons. The van der Waals surface area contributed by atoms with E-state index in [2.05, 4.69) is 0 Å². The number of ether oxygens (including phenoxy) is 1. The Labute approximate surface area is 192 Å². The van der Waals surface area contributed by atoms with Crippen molar-refractivity contribution in [3.05, 3.63) is 60.8 Å². The van der Waals surface area contributed by atoms with Crippen molar-refractivity contribution in [3.63, 3.8) is 0 Å². The first-order chi connectivity index (χ1) is 13.0. The van der Waals surface area contributed by atoms with E-state index < -0.39 is 37.7 Å². The molecular formula is C19H27NaO8P+. The van der Waals surface area contributed by atoms with Gasteiger partial charge in [0, 0.05) is 18.9 Å². The minimum atomic E-state index is -4.93. The van der Waals surface area contributed by atoms with Crippen LogP contribution < -0.4 is 29.6 Å². The van der Waals surface area contributed by atoms with E-state index in [0.29, 0.717) is 6.42 Å². The van der Waals surface area contributed by atoms with Crippen molar-refractivity contribution in [3.8, 4) is 0 Å². The van der Waals surface area contributed by atoms with E-state index in [0.717, 1.165) is 0 Å². The van der Waals surface area contributed by atoms with Crippen LogP contribution in [0.2, 0.25) is 0 Å². The SMILES string of the molecule is C/C=C/C=C\C=C/C(O)CC(OP(=O)(O)O)C(C)(O)/C=C/C1CC=CC(=O)O1.[Na+]. The fraction of sp³-hybridized carbons (Fsp3) is 0.421. The molecule has 4 atom stereocenters. The third-order valence-corrected chi connectivity index (χ3v) is 4.30. The molecule has 4 unspecified atom stereocenters. The zero-order valence-electron chi connectivity index (χ0n) is 16.8. The van der Waals surface area contributed by atoms with Gasteiger partial charge < -0.3 is 24.7 Å². The second kappa shape index (κ2) is 13.5. The molecule has 0 aromatic heterocycles. The summed E-state index contributed by atoms with van der Waals surface area (Å²) in [5.74, 6) is -0.518. The maximum Gasteiger partial charge on any atom is 1.00 e. The minimum absolute atomic E-state index is 0. The van der Waals surface area contributed by atoms with Crippen LogP contribution in [0.4, 0.5) is 0 Å². The van der Waals surface area contributed by atoms with E-state index in [1.54, 1.807) is 30.4 Å². The van der Waals surface area contributed by atoms with Crippen LogP contribution in [0.25, 0.3) is 0 Å². The smallest absolute Gasteiger partial charge is 0.455 e. The minimum Gasteiger partial charge on any atom is -0.455 e. The molecule has 0 radical (unpaired) electrons. The molecule has 1 heterocycles. The number of carbonyl (C=O) groups is 1. The summed E-state index contributed by atoms with van der Waals surface area (Å²) in [5.41, 5.74) is -1.84. The molecule has 0 fully saturated rings. The third kappa shape index (κ3) is 12.5. The standard InChI is InChI=1S/C19H27O8P.Na/c1-3-4-5-6-7-9-15(20)14-17(27-28(23,24)25)19(2,22)13-12-16-10-8-11-18(21)26-16;/h3-9,11-13,15-17,20,22H,10,14H2,1-2H3,(H2,23,24,25);/q;+1/b4-3+,6-5-,9-7-,13-12+;. The molecule has 0 spiro atoms. The number of cyclic esters (lactones) is 1. The summed E-state index contributed by atoms with van der Waals surface area (Å²) in [6.07, 6.45) is 12.6. The van der Waals surface area contributed by atoms with Crippen LogP contribution >= 0.6 is 7.82 Å². The summed E-state index contributed by atoms with van der Waals surface area (Å²) in [4.78, 5) is 29.5. The predicted molar refractivity (Wildman–Crippen MR) is 104 cm³/mol. The fourth-order valence-corrected chi connectivity index (χ4v) is 2.98. The summed E-state index contributed by atoms with van der Waals surface area (Å²) >= 11 is 0. The summed E-state index contributed by atoms with van der Waals surface area (Å²) in [5, 5.41) is 20.8. The molecule has 0 aromatic carbocycles. The third-order valence-electron chi connectivity index (χ3n) is 3.77. The van der Waals surface area contributed by atoms with Crippen LogP contribution in [0.3, 0.4) is 0 Å².